The molecule has 2 aromatic heterocycles. The molecule has 0 unspecified atom stereocenters. The maximum Gasteiger partial charge on any atom is 0.276 e. The monoisotopic (exact) mass is 391 g/mol. The van der Waals surface area contributed by atoms with Gasteiger partial charge in [-0.2, -0.15) is 5.10 Å². The molecule has 6 heteroatoms. The third-order valence-corrected chi connectivity index (χ3v) is 4.79. The van der Waals surface area contributed by atoms with Crippen molar-refractivity contribution in [2.45, 2.75) is 26.3 Å². The molecule has 0 fully saturated rings. The van der Waals surface area contributed by atoms with E-state index in [9.17, 15) is 9.18 Å². The van der Waals surface area contributed by atoms with Crippen LogP contribution in [0.3, 0.4) is 0 Å². The molecule has 0 saturated carbocycles. The second kappa shape index (κ2) is 8.31. The summed E-state index contributed by atoms with van der Waals surface area (Å²) in [7, 11) is 0. The molecule has 4 aromatic rings. The third kappa shape index (κ3) is 4.21. The molecule has 4 rings (SSSR count). The van der Waals surface area contributed by atoms with Crippen LogP contribution in [-0.4, -0.2) is 20.8 Å². The van der Waals surface area contributed by atoms with Gasteiger partial charge < -0.3 is 9.30 Å². The second-order valence-corrected chi connectivity index (χ2v) is 6.94. The van der Waals surface area contributed by atoms with Crippen LogP contribution in [0.1, 0.15) is 25.3 Å². The van der Waals surface area contributed by atoms with Gasteiger partial charge in [-0.1, -0.05) is 25.5 Å². The minimum absolute atomic E-state index is 0.143. The molecular formula is C23H22FN3O2. The molecule has 2 aromatic carbocycles. The standard InChI is InChI=1S/C23H22FN3O2/c1-2-3-14-29-20-10-6-18(7-11-20)21-15-22-23(28)26(12-13-27(22)25-21)16-17-4-8-19(24)9-5-17/h4-13,15H,2-3,14,16H2,1H3. The van der Waals surface area contributed by atoms with Gasteiger partial charge in [-0.3, -0.25) is 4.79 Å². The Bertz CT molecular complexity index is 1160. The molecule has 2 heterocycles. The Morgan fingerprint density at radius 2 is 1.79 bits per heavy atom. The molecule has 0 saturated heterocycles. The van der Waals surface area contributed by atoms with Crippen molar-refractivity contribution in [1.29, 1.82) is 0 Å². The van der Waals surface area contributed by atoms with E-state index in [0.29, 0.717) is 18.7 Å². The summed E-state index contributed by atoms with van der Waals surface area (Å²) >= 11 is 0. The zero-order valence-electron chi connectivity index (χ0n) is 16.2. The number of hydrogen-bond donors (Lipinski definition) is 0. The van der Waals surface area contributed by atoms with Crippen LogP contribution in [0.25, 0.3) is 16.8 Å². The maximum atomic E-state index is 13.1. The lowest BCUT2D eigenvalue weighted by atomic mass is 10.1. The maximum absolute atomic E-state index is 13.1. The quantitative estimate of drug-likeness (QED) is 0.435. The molecule has 148 valence electrons. The lowest BCUT2D eigenvalue weighted by molar-refractivity contribution is 0.309. The molecule has 0 amide bonds. The molecule has 0 radical (unpaired) electrons. The summed E-state index contributed by atoms with van der Waals surface area (Å²) in [6.07, 6.45) is 5.57. The first-order valence-electron chi connectivity index (χ1n) is 9.70. The highest BCUT2D eigenvalue weighted by Gasteiger charge is 2.10. The molecule has 0 aliphatic rings. The zero-order valence-corrected chi connectivity index (χ0v) is 16.2. The van der Waals surface area contributed by atoms with Crippen LogP contribution < -0.4 is 10.3 Å². The van der Waals surface area contributed by atoms with E-state index in [0.717, 1.165) is 35.4 Å². The Morgan fingerprint density at radius 3 is 2.52 bits per heavy atom. The minimum atomic E-state index is -0.293. The van der Waals surface area contributed by atoms with E-state index in [2.05, 4.69) is 12.0 Å². The third-order valence-electron chi connectivity index (χ3n) is 4.79. The smallest absolute Gasteiger partial charge is 0.276 e. The normalized spacial score (nSPS) is 11.1. The van der Waals surface area contributed by atoms with Crippen LogP contribution in [0.2, 0.25) is 0 Å². The number of benzene rings is 2. The molecule has 29 heavy (non-hydrogen) atoms. The van der Waals surface area contributed by atoms with Crippen molar-refractivity contribution < 1.29 is 9.13 Å². The predicted molar refractivity (Wildman–Crippen MR) is 111 cm³/mol. The largest absolute Gasteiger partial charge is 0.494 e. The van der Waals surface area contributed by atoms with Crippen molar-refractivity contribution >= 4 is 5.52 Å². The highest BCUT2D eigenvalue weighted by molar-refractivity contribution is 5.66. The van der Waals surface area contributed by atoms with E-state index < -0.39 is 0 Å². The van der Waals surface area contributed by atoms with Crippen molar-refractivity contribution in [3.05, 3.63) is 88.7 Å². The van der Waals surface area contributed by atoms with Crippen LogP contribution >= 0.6 is 0 Å². The Labute approximate surface area is 168 Å². The Kier molecular flexibility index (Phi) is 5.42. The zero-order chi connectivity index (χ0) is 20.2. The highest BCUT2D eigenvalue weighted by atomic mass is 19.1. The number of unbranched alkanes of at least 4 members (excludes halogenated alkanes) is 1. The predicted octanol–water partition coefficient (Wildman–Crippen LogP) is 4.53. The van der Waals surface area contributed by atoms with Crippen LogP contribution in [0.15, 0.2) is 71.8 Å². The highest BCUT2D eigenvalue weighted by Crippen LogP contribution is 2.22. The van der Waals surface area contributed by atoms with Gasteiger partial charge in [0.25, 0.3) is 5.56 Å². The number of halogens is 1. The van der Waals surface area contributed by atoms with E-state index in [1.165, 1.54) is 12.1 Å². The van der Waals surface area contributed by atoms with E-state index in [-0.39, 0.29) is 11.4 Å². The van der Waals surface area contributed by atoms with Crippen molar-refractivity contribution in [3.63, 3.8) is 0 Å². The number of nitrogens with zero attached hydrogens (tertiary/aromatic N) is 3. The summed E-state index contributed by atoms with van der Waals surface area (Å²) in [6.45, 7) is 3.21. The fraction of sp³-hybridized carbons (Fsp3) is 0.217. The summed E-state index contributed by atoms with van der Waals surface area (Å²) in [6, 6.07) is 15.7. The first-order valence-corrected chi connectivity index (χ1v) is 9.70. The van der Waals surface area contributed by atoms with Crippen molar-refractivity contribution in [2.24, 2.45) is 0 Å². The van der Waals surface area contributed by atoms with E-state index in [1.54, 1.807) is 39.7 Å². The summed E-state index contributed by atoms with van der Waals surface area (Å²) in [5.41, 5.74) is 2.85. The number of hydrogen-bond acceptors (Lipinski definition) is 3. The average molecular weight is 391 g/mol. The number of aromatic nitrogens is 3. The SMILES string of the molecule is CCCCOc1ccc(-c2cc3c(=O)n(Cc4ccc(F)cc4)ccn3n2)cc1. The lowest BCUT2D eigenvalue weighted by Gasteiger charge is -2.06. The van der Waals surface area contributed by atoms with Crippen LogP contribution in [0.5, 0.6) is 5.75 Å². The molecule has 0 aliphatic carbocycles. The Morgan fingerprint density at radius 1 is 1.03 bits per heavy atom. The van der Waals surface area contributed by atoms with E-state index in [4.69, 9.17) is 4.74 Å². The van der Waals surface area contributed by atoms with Crippen LogP contribution in [-0.2, 0) is 6.54 Å². The van der Waals surface area contributed by atoms with Gasteiger partial charge >= 0.3 is 0 Å². The average Bonchev–Trinajstić information content (AvgIpc) is 3.18. The fourth-order valence-electron chi connectivity index (χ4n) is 3.13. The van der Waals surface area contributed by atoms with Gasteiger partial charge in [0.2, 0.25) is 0 Å². The first-order chi connectivity index (χ1) is 14.1. The summed E-state index contributed by atoms with van der Waals surface area (Å²) in [4.78, 5) is 12.9. The molecule has 0 atom stereocenters. The van der Waals surface area contributed by atoms with Crippen molar-refractivity contribution in [2.75, 3.05) is 6.61 Å². The summed E-state index contributed by atoms with van der Waals surface area (Å²) in [5, 5.41) is 4.52. The second-order valence-electron chi connectivity index (χ2n) is 6.94. The molecule has 5 nitrogen and oxygen atoms in total. The Hall–Kier alpha value is -3.41. The summed E-state index contributed by atoms with van der Waals surface area (Å²) < 4.78 is 22.0. The molecule has 0 spiro atoms. The van der Waals surface area contributed by atoms with Gasteiger partial charge in [-0.15, -0.1) is 0 Å². The van der Waals surface area contributed by atoms with Gasteiger partial charge in [0.15, 0.2) is 0 Å². The summed E-state index contributed by atoms with van der Waals surface area (Å²) in [5.74, 6) is 0.534. The van der Waals surface area contributed by atoms with Crippen molar-refractivity contribution in [1.82, 2.24) is 14.2 Å². The van der Waals surface area contributed by atoms with Gasteiger partial charge in [-0.25, -0.2) is 8.91 Å². The van der Waals surface area contributed by atoms with Crippen LogP contribution in [0.4, 0.5) is 4.39 Å². The number of ether oxygens (including phenoxy) is 1. The Balaban J connectivity index is 1.58. The van der Waals surface area contributed by atoms with Gasteiger partial charge in [0, 0.05) is 18.0 Å². The number of fused-ring (bicyclic) bond motifs is 1. The molecule has 0 N–H and O–H groups in total. The fourth-order valence-corrected chi connectivity index (χ4v) is 3.13. The topological polar surface area (TPSA) is 48.5 Å². The lowest BCUT2D eigenvalue weighted by Crippen LogP contribution is -2.21. The molecule has 0 bridgehead atoms. The molecular weight excluding hydrogens is 369 g/mol. The van der Waals surface area contributed by atoms with Gasteiger partial charge in [0.1, 0.15) is 17.1 Å². The van der Waals surface area contributed by atoms with E-state index >= 15 is 0 Å². The first kappa shape index (κ1) is 18.9. The van der Waals surface area contributed by atoms with E-state index in [1.807, 2.05) is 24.3 Å². The van der Waals surface area contributed by atoms with Gasteiger partial charge in [-0.05, 0) is 54.4 Å². The van der Waals surface area contributed by atoms with Crippen LogP contribution in [0, 0.1) is 5.82 Å². The molecule has 0 aliphatic heterocycles. The van der Waals surface area contributed by atoms with Gasteiger partial charge in [0.05, 0.1) is 18.8 Å². The minimum Gasteiger partial charge on any atom is -0.494 e. The number of rotatable bonds is 7. The van der Waals surface area contributed by atoms with Crippen molar-refractivity contribution in [3.8, 4) is 17.0 Å².